The van der Waals surface area contributed by atoms with E-state index in [1.807, 2.05) is 43.9 Å². The summed E-state index contributed by atoms with van der Waals surface area (Å²) in [5.74, 6) is 1.48. The molecular weight excluding hydrogens is 420 g/mol. The molecule has 2 aliphatic rings. The van der Waals surface area contributed by atoms with Gasteiger partial charge in [-0.05, 0) is 40.7 Å². The van der Waals surface area contributed by atoms with Crippen molar-refractivity contribution in [1.29, 1.82) is 5.41 Å². The minimum Gasteiger partial charge on any atom is -0.382 e. The van der Waals surface area contributed by atoms with Gasteiger partial charge in [0, 0.05) is 74.2 Å². The molecule has 2 fully saturated rings. The first kappa shape index (κ1) is 24.7. The second kappa shape index (κ2) is 10.3. The molecule has 33 heavy (non-hydrogen) atoms. The number of amides is 1. The van der Waals surface area contributed by atoms with Crippen molar-refractivity contribution in [2.75, 3.05) is 43.5 Å². The van der Waals surface area contributed by atoms with Crippen LogP contribution in [-0.4, -0.2) is 72.6 Å². The van der Waals surface area contributed by atoms with Crippen LogP contribution in [0.5, 0.6) is 0 Å². The zero-order chi connectivity index (χ0) is 24.2. The summed E-state index contributed by atoms with van der Waals surface area (Å²) in [6.07, 6.45) is 2.27. The third-order valence-corrected chi connectivity index (χ3v) is 5.87. The Kier molecular flexibility index (Phi) is 7.73. The molecule has 180 valence electrons. The number of nitrogens with one attached hydrogen (secondary N) is 2. The maximum Gasteiger partial charge on any atom is 0.324 e. The van der Waals surface area contributed by atoms with Gasteiger partial charge in [0.1, 0.15) is 0 Å². The number of nitrogens with zero attached hydrogens (tertiary/aromatic N) is 4. The molecule has 0 spiro atoms. The van der Waals surface area contributed by atoms with Crippen LogP contribution in [0, 0.1) is 17.2 Å². The van der Waals surface area contributed by atoms with E-state index in [0.29, 0.717) is 23.7 Å². The van der Waals surface area contributed by atoms with Gasteiger partial charge in [0.2, 0.25) is 12.2 Å². The summed E-state index contributed by atoms with van der Waals surface area (Å²) in [6, 6.07) is 6.54. The average molecular weight is 457 g/mol. The van der Waals surface area contributed by atoms with Gasteiger partial charge in [0.15, 0.2) is 0 Å². The fraction of sp³-hybridized carbons (Fsp3) is 0.583. The summed E-state index contributed by atoms with van der Waals surface area (Å²) in [5.41, 5.74) is 2.60. The van der Waals surface area contributed by atoms with Crippen molar-refractivity contribution in [3.05, 3.63) is 23.8 Å². The highest BCUT2D eigenvalue weighted by atomic mass is 16.5. The lowest BCUT2D eigenvalue weighted by atomic mass is 10.0. The van der Waals surface area contributed by atoms with E-state index in [-0.39, 0.29) is 11.6 Å². The Morgan fingerprint density at radius 3 is 2.36 bits per heavy atom. The largest absolute Gasteiger partial charge is 0.382 e. The monoisotopic (exact) mass is 456 g/mol. The highest BCUT2D eigenvalue weighted by molar-refractivity contribution is 5.87. The second-order valence-corrected chi connectivity index (χ2v) is 9.95. The van der Waals surface area contributed by atoms with Crippen LogP contribution < -0.4 is 10.2 Å². The molecule has 1 aromatic carbocycles. The standard InChI is InChI=1S/C19H24N6O2.C5H12O/c1-12(2)21-17-5-13(3-4-14(17)6-20)18-22-19(27-23-18)25-9-15-7-24(11-26)8-16(15)10-25;1-5(2,3)6-4/h3-6,11-12,15-16,20-21H,7-10H2,1-2H3;1-4H3. The van der Waals surface area contributed by atoms with E-state index >= 15 is 0 Å². The van der Waals surface area contributed by atoms with Gasteiger partial charge in [-0.3, -0.25) is 4.79 Å². The van der Waals surface area contributed by atoms with Gasteiger partial charge >= 0.3 is 6.01 Å². The van der Waals surface area contributed by atoms with E-state index in [1.165, 1.54) is 6.21 Å². The molecule has 0 saturated carbocycles. The smallest absolute Gasteiger partial charge is 0.324 e. The number of rotatable bonds is 6. The molecule has 2 atom stereocenters. The minimum atomic E-state index is 0.0417. The first-order chi connectivity index (χ1) is 15.6. The zero-order valence-corrected chi connectivity index (χ0v) is 20.5. The van der Waals surface area contributed by atoms with Crippen LogP contribution in [0.1, 0.15) is 40.2 Å². The topological polar surface area (TPSA) is 108 Å². The Bertz CT molecular complexity index is 938. The van der Waals surface area contributed by atoms with Crippen molar-refractivity contribution in [1.82, 2.24) is 15.0 Å². The second-order valence-electron chi connectivity index (χ2n) is 9.95. The summed E-state index contributed by atoms with van der Waals surface area (Å²) in [5, 5.41) is 15.1. The maximum atomic E-state index is 10.9. The third kappa shape index (κ3) is 6.31. The van der Waals surface area contributed by atoms with Gasteiger partial charge in [0.05, 0.1) is 5.60 Å². The number of methoxy groups -OCH3 is 1. The van der Waals surface area contributed by atoms with Crippen LogP contribution in [0.3, 0.4) is 0 Å². The van der Waals surface area contributed by atoms with Crippen molar-refractivity contribution < 1.29 is 14.1 Å². The van der Waals surface area contributed by atoms with Gasteiger partial charge in [-0.25, -0.2) is 0 Å². The van der Waals surface area contributed by atoms with Gasteiger partial charge in [-0.1, -0.05) is 17.3 Å². The lowest BCUT2D eigenvalue weighted by Crippen LogP contribution is -2.28. The molecule has 0 bridgehead atoms. The molecule has 2 aromatic rings. The fourth-order valence-electron chi connectivity index (χ4n) is 3.99. The van der Waals surface area contributed by atoms with E-state index in [0.717, 1.165) is 49.4 Å². The summed E-state index contributed by atoms with van der Waals surface area (Å²) >= 11 is 0. The van der Waals surface area contributed by atoms with Gasteiger partial charge in [0.25, 0.3) is 0 Å². The molecule has 2 saturated heterocycles. The summed E-state index contributed by atoms with van der Waals surface area (Å²) in [7, 11) is 1.71. The van der Waals surface area contributed by atoms with Crippen LogP contribution in [0.2, 0.25) is 0 Å². The maximum absolute atomic E-state index is 10.9. The predicted molar refractivity (Wildman–Crippen MR) is 130 cm³/mol. The highest BCUT2D eigenvalue weighted by Gasteiger charge is 2.41. The van der Waals surface area contributed by atoms with Crippen LogP contribution in [-0.2, 0) is 9.53 Å². The molecule has 1 aromatic heterocycles. The van der Waals surface area contributed by atoms with E-state index in [9.17, 15) is 4.79 Å². The van der Waals surface area contributed by atoms with Crippen molar-refractivity contribution in [3.63, 3.8) is 0 Å². The van der Waals surface area contributed by atoms with Crippen molar-refractivity contribution in [3.8, 4) is 11.4 Å². The summed E-state index contributed by atoms with van der Waals surface area (Å²) < 4.78 is 10.5. The SMILES string of the molecule is CC(C)Nc1cc(-c2noc(N3CC4CN(C=O)CC4C3)n2)ccc1C=N.COC(C)(C)C. The number of hydrogen-bond acceptors (Lipinski definition) is 8. The number of carbonyl (C=O) groups excluding carboxylic acids is 1. The van der Waals surface area contributed by atoms with Crippen molar-refractivity contribution >= 4 is 24.3 Å². The van der Waals surface area contributed by atoms with Crippen LogP contribution >= 0.6 is 0 Å². The molecule has 0 radical (unpaired) electrons. The van der Waals surface area contributed by atoms with Gasteiger partial charge < -0.3 is 29.8 Å². The number of anilines is 2. The van der Waals surface area contributed by atoms with E-state index in [2.05, 4.69) is 34.2 Å². The van der Waals surface area contributed by atoms with Gasteiger partial charge in [-0.2, -0.15) is 4.98 Å². The van der Waals surface area contributed by atoms with Gasteiger partial charge in [-0.15, -0.1) is 0 Å². The van der Waals surface area contributed by atoms with Crippen LogP contribution in [0.25, 0.3) is 11.4 Å². The molecular formula is C24H36N6O3. The van der Waals surface area contributed by atoms with Crippen LogP contribution in [0.15, 0.2) is 22.7 Å². The summed E-state index contributed by atoms with van der Waals surface area (Å²) in [4.78, 5) is 19.5. The third-order valence-electron chi connectivity index (χ3n) is 5.87. The summed E-state index contributed by atoms with van der Waals surface area (Å²) in [6.45, 7) is 13.5. The molecule has 4 rings (SSSR count). The molecule has 9 nitrogen and oxygen atoms in total. The minimum absolute atomic E-state index is 0.0417. The average Bonchev–Trinajstić information content (AvgIpc) is 3.47. The Morgan fingerprint density at radius 1 is 1.21 bits per heavy atom. The number of carbonyl (C=O) groups is 1. The Labute approximate surface area is 196 Å². The Morgan fingerprint density at radius 2 is 1.85 bits per heavy atom. The van der Waals surface area contributed by atoms with E-state index < -0.39 is 0 Å². The van der Waals surface area contributed by atoms with Crippen molar-refractivity contribution in [2.24, 2.45) is 11.8 Å². The first-order valence-corrected chi connectivity index (χ1v) is 11.4. The lowest BCUT2D eigenvalue weighted by Gasteiger charge is -2.16. The first-order valence-electron chi connectivity index (χ1n) is 11.4. The van der Waals surface area contributed by atoms with Crippen molar-refractivity contribution in [2.45, 2.75) is 46.3 Å². The zero-order valence-electron chi connectivity index (χ0n) is 20.5. The quantitative estimate of drug-likeness (QED) is 0.506. The Hall–Kier alpha value is -2.94. The molecule has 3 heterocycles. The molecule has 2 aliphatic heterocycles. The number of ether oxygens (including phenoxy) is 1. The molecule has 1 amide bonds. The van der Waals surface area contributed by atoms with Crippen LogP contribution in [0.4, 0.5) is 11.7 Å². The lowest BCUT2D eigenvalue weighted by molar-refractivity contribution is -0.117. The molecule has 2 N–H and O–H groups in total. The highest BCUT2D eigenvalue weighted by Crippen LogP contribution is 2.33. The van der Waals surface area contributed by atoms with E-state index in [1.54, 1.807) is 7.11 Å². The molecule has 2 unspecified atom stereocenters. The number of fused-ring (bicyclic) bond motifs is 1. The number of hydrogen-bond donors (Lipinski definition) is 2. The number of likely N-dealkylation sites (tertiary alicyclic amines) is 1. The number of aromatic nitrogens is 2. The predicted octanol–water partition coefficient (Wildman–Crippen LogP) is 3.51. The normalized spacial score (nSPS) is 19.8. The number of benzene rings is 1. The molecule has 9 heteroatoms. The molecule has 0 aliphatic carbocycles. The van der Waals surface area contributed by atoms with E-state index in [4.69, 9.17) is 14.7 Å². The fourth-order valence-corrected chi connectivity index (χ4v) is 3.99. The Balaban J connectivity index is 0.000000454.